The smallest absolute Gasteiger partial charge is 0.327 e. The third-order valence-electron chi connectivity index (χ3n) is 1.75. The van der Waals surface area contributed by atoms with Crippen LogP contribution in [0.4, 0.5) is 13.2 Å². The molecule has 1 aliphatic rings. The molecule has 0 saturated heterocycles. The number of alkyl halides is 3. The van der Waals surface area contributed by atoms with Gasteiger partial charge in [-0.25, -0.2) is 0 Å². The van der Waals surface area contributed by atoms with E-state index in [1.807, 2.05) is 0 Å². The zero-order chi connectivity index (χ0) is 7.07. The normalized spacial score (nSPS) is 32.4. The van der Waals surface area contributed by atoms with Gasteiger partial charge in [-0.2, -0.15) is 13.2 Å². The summed E-state index contributed by atoms with van der Waals surface area (Å²) in [6, 6.07) is -0.634. The minimum Gasteiger partial charge on any atom is -0.327 e. The lowest BCUT2D eigenvalue weighted by Gasteiger charge is -2.34. The van der Waals surface area contributed by atoms with E-state index >= 15 is 0 Å². The molecule has 0 aromatic heterocycles. The van der Waals surface area contributed by atoms with Gasteiger partial charge in [0.25, 0.3) is 0 Å². The fraction of sp³-hybridized carbons (Fsp3) is 1.00. The topological polar surface area (TPSA) is 26.0 Å². The van der Waals surface area contributed by atoms with Crippen LogP contribution in [-0.2, 0) is 0 Å². The van der Waals surface area contributed by atoms with E-state index in [0.717, 1.165) is 0 Å². The molecule has 0 amide bonds. The Hall–Kier alpha value is 0.0400. The minimum atomic E-state index is -4.06. The summed E-state index contributed by atoms with van der Waals surface area (Å²) in [6.07, 6.45) is -3.33. The maximum atomic E-state index is 11.7. The van der Waals surface area contributed by atoms with Gasteiger partial charge in [0.2, 0.25) is 0 Å². The van der Waals surface area contributed by atoms with Crippen LogP contribution in [0.25, 0.3) is 0 Å². The van der Waals surface area contributed by atoms with Gasteiger partial charge in [0.05, 0.1) is 5.92 Å². The quantitative estimate of drug-likeness (QED) is 0.596. The molecule has 1 saturated carbocycles. The second kappa shape index (κ2) is 2.96. The molecule has 10 heavy (non-hydrogen) atoms. The lowest BCUT2D eigenvalue weighted by Crippen LogP contribution is -2.47. The Labute approximate surface area is 63.2 Å². The van der Waals surface area contributed by atoms with Crippen molar-refractivity contribution in [2.75, 3.05) is 0 Å². The third kappa shape index (κ3) is 1.76. The molecule has 0 aromatic rings. The molecule has 1 aliphatic carbocycles. The summed E-state index contributed by atoms with van der Waals surface area (Å²) < 4.78 is 35.0. The number of halogens is 4. The Morgan fingerprint density at radius 2 is 1.70 bits per heavy atom. The molecule has 1 fully saturated rings. The second-order valence-corrected chi connectivity index (χ2v) is 2.39. The van der Waals surface area contributed by atoms with Crippen molar-refractivity contribution in [3.63, 3.8) is 0 Å². The Balaban J connectivity index is 0.000000810. The van der Waals surface area contributed by atoms with Crippen LogP contribution < -0.4 is 5.73 Å². The van der Waals surface area contributed by atoms with Crippen LogP contribution >= 0.6 is 12.4 Å². The standard InChI is InChI=1S/C5H8F3N.ClH/c6-5(7,8)3-1-2-4(3)9;/h3-4H,1-2,9H2;1H/t3-,4-;/m0./s1. The highest BCUT2D eigenvalue weighted by molar-refractivity contribution is 5.85. The van der Waals surface area contributed by atoms with Gasteiger partial charge in [-0.15, -0.1) is 12.4 Å². The highest BCUT2D eigenvalue weighted by atomic mass is 35.5. The van der Waals surface area contributed by atoms with E-state index in [-0.39, 0.29) is 18.8 Å². The molecular weight excluding hydrogens is 167 g/mol. The maximum Gasteiger partial charge on any atom is 0.393 e. The first-order chi connectivity index (χ1) is 4.02. The maximum absolute atomic E-state index is 11.7. The largest absolute Gasteiger partial charge is 0.393 e. The van der Waals surface area contributed by atoms with Gasteiger partial charge in [0.1, 0.15) is 0 Å². The fourth-order valence-electron chi connectivity index (χ4n) is 0.932. The summed E-state index contributed by atoms with van der Waals surface area (Å²) in [6.45, 7) is 0. The first kappa shape index (κ1) is 10.0. The Morgan fingerprint density at radius 1 is 1.20 bits per heavy atom. The highest BCUT2D eigenvalue weighted by Gasteiger charge is 2.48. The van der Waals surface area contributed by atoms with Crippen molar-refractivity contribution < 1.29 is 13.2 Å². The second-order valence-electron chi connectivity index (χ2n) is 2.39. The molecule has 1 nitrogen and oxygen atoms in total. The van der Waals surface area contributed by atoms with Crippen molar-refractivity contribution in [3.8, 4) is 0 Å². The van der Waals surface area contributed by atoms with Crippen molar-refractivity contribution in [1.29, 1.82) is 0 Å². The van der Waals surface area contributed by atoms with Crippen molar-refractivity contribution >= 4 is 12.4 Å². The van der Waals surface area contributed by atoms with Crippen LogP contribution in [0.5, 0.6) is 0 Å². The average molecular weight is 176 g/mol. The van der Waals surface area contributed by atoms with E-state index in [9.17, 15) is 13.2 Å². The minimum absolute atomic E-state index is 0. The lowest BCUT2D eigenvalue weighted by atomic mass is 9.80. The van der Waals surface area contributed by atoms with Crippen molar-refractivity contribution in [1.82, 2.24) is 0 Å². The SMILES string of the molecule is Cl.N[C@H]1CC[C@@H]1C(F)(F)F. The molecule has 0 bridgehead atoms. The monoisotopic (exact) mass is 175 g/mol. The Bertz CT molecular complexity index is 114. The zero-order valence-electron chi connectivity index (χ0n) is 5.19. The molecule has 0 aliphatic heterocycles. The Morgan fingerprint density at radius 3 is 1.70 bits per heavy atom. The Kier molecular flexibility index (Phi) is 2.98. The van der Waals surface area contributed by atoms with Crippen molar-refractivity contribution in [2.24, 2.45) is 11.7 Å². The average Bonchev–Trinajstić information content (AvgIpc) is 1.57. The summed E-state index contributed by atoms with van der Waals surface area (Å²) in [4.78, 5) is 0. The number of hydrogen-bond acceptors (Lipinski definition) is 1. The van der Waals surface area contributed by atoms with Crippen LogP contribution in [0, 0.1) is 5.92 Å². The molecule has 0 unspecified atom stereocenters. The summed E-state index contributed by atoms with van der Waals surface area (Å²) >= 11 is 0. The summed E-state index contributed by atoms with van der Waals surface area (Å²) in [5, 5.41) is 0. The van der Waals surface area contributed by atoms with Crippen LogP contribution in [0.2, 0.25) is 0 Å². The molecular formula is C5H9ClF3N. The summed E-state index contributed by atoms with van der Waals surface area (Å²) in [5.74, 6) is -1.22. The van der Waals surface area contributed by atoms with Crippen molar-refractivity contribution in [2.45, 2.75) is 25.1 Å². The summed E-state index contributed by atoms with van der Waals surface area (Å²) in [7, 11) is 0. The van der Waals surface area contributed by atoms with Crippen molar-refractivity contribution in [3.05, 3.63) is 0 Å². The first-order valence-electron chi connectivity index (χ1n) is 2.84. The molecule has 2 atom stereocenters. The van der Waals surface area contributed by atoms with Gasteiger partial charge < -0.3 is 5.73 Å². The van der Waals surface area contributed by atoms with E-state index in [0.29, 0.717) is 6.42 Å². The molecule has 0 heterocycles. The van der Waals surface area contributed by atoms with Gasteiger partial charge in [0.15, 0.2) is 0 Å². The first-order valence-corrected chi connectivity index (χ1v) is 2.84. The van der Waals surface area contributed by atoms with Crippen LogP contribution in [-0.4, -0.2) is 12.2 Å². The molecule has 0 aromatic carbocycles. The zero-order valence-corrected chi connectivity index (χ0v) is 6.00. The van der Waals surface area contributed by atoms with Gasteiger partial charge in [-0.05, 0) is 12.8 Å². The lowest BCUT2D eigenvalue weighted by molar-refractivity contribution is -0.199. The molecule has 2 N–H and O–H groups in total. The molecule has 0 spiro atoms. The van der Waals surface area contributed by atoms with E-state index in [2.05, 4.69) is 0 Å². The van der Waals surface area contributed by atoms with Crippen LogP contribution in [0.15, 0.2) is 0 Å². The predicted molar refractivity (Wildman–Crippen MR) is 34.0 cm³/mol. The van der Waals surface area contributed by atoms with E-state index < -0.39 is 18.1 Å². The molecule has 5 heteroatoms. The van der Waals surface area contributed by atoms with Gasteiger partial charge >= 0.3 is 6.18 Å². The van der Waals surface area contributed by atoms with Gasteiger partial charge in [0, 0.05) is 6.04 Å². The van der Waals surface area contributed by atoms with Gasteiger partial charge in [-0.3, -0.25) is 0 Å². The number of nitrogens with two attached hydrogens (primary N) is 1. The number of hydrogen-bond donors (Lipinski definition) is 1. The van der Waals surface area contributed by atoms with Crippen LogP contribution in [0.3, 0.4) is 0 Å². The molecule has 1 rings (SSSR count). The molecule has 0 radical (unpaired) electrons. The van der Waals surface area contributed by atoms with E-state index in [4.69, 9.17) is 5.73 Å². The number of rotatable bonds is 0. The predicted octanol–water partition coefficient (Wildman–Crippen LogP) is 1.71. The third-order valence-corrected chi connectivity index (χ3v) is 1.75. The summed E-state index contributed by atoms with van der Waals surface area (Å²) in [5.41, 5.74) is 5.09. The van der Waals surface area contributed by atoms with Crippen LogP contribution in [0.1, 0.15) is 12.8 Å². The highest BCUT2D eigenvalue weighted by Crippen LogP contribution is 2.39. The fourth-order valence-corrected chi connectivity index (χ4v) is 0.932. The molecule has 62 valence electrons. The van der Waals surface area contributed by atoms with Gasteiger partial charge in [-0.1, -0.05) is 0 Å². The van der Waals surface area contributed by atoms with E-state index in [1.165, 1.54) is 0 Å². The van der Waals surface area contributed by atoms with E-state index in [1.54, 1.807) is 0 Å².